The van der Waals surface area contributed by atoms with Crippen LogP contribution in [-0.4, -0.2) is 18.6 Å². The van der Waals surface area contributed by atoms with E-state index in [0.29, 0.717) is 12.6 Å². The summed E-state index contributed by atoms with van der Waals surface area (Å²) in [7, 11) is 1.97. The van der Waals surface area contributed by atoms with Crippen molar-refractivity contribution in [2.45, 2.75) is 26.4 Å². The molecule has 3 nitrogen and oxygen atoms in total. The Bertz CT molecular complexity index is 586. The molecule has 2 rings (SSSR count). The minimum Gasteiger partial charge on any atom is -0.355 e. The molecule has 1 aromatic heterocycles. The van der Waals surface area contributed by atoms with Gasteiger partial charge in [0.1, 0.15) is 11.6 Å². The van der Waals surface area contributed by atoms with Crippen LogP contribution in [0.4, 0.5) is 10.2 Å². The number of nitrogens with one attached hydrogen (secondary N) is 1. The van der Waals surface area contributed by atoms with E-state index >= 15 is 0 Å². The molecular formula is C17H22FN3. The number of anilines is 1. The summed E-state index contributed by atoms with van der Waals surface area (Å²) in [4.78, 5) is 6.43. The second-order valence-electron chi connectivity index (χ2n) is 5.21. The van der Waals surface area contributed by atoms with Gasteiger partial charge >= 0.3 is 0 Å². The van der Waals surface area contributed by atoms with E-state index in [4.69, 9.17) is 0 Å². The maximum Gasteiger partial charge on any atom is 0.128 e. The average Bonchev–Trinajstić information content (AvgIpc) is 2.47. The summed E-state index contributed by atoms with van der Waals surface area (Å²) in [5, 5.41) is 3.39. The lowest BCUT2D eigenvalue weighted by molar-refractivity contribution is 0.597. The number of pyridine rings is 1. The van der Waals surface area contributed by atoms with E-state index in [-0.39, 0.29) is 5.82 Å². The Morgan fingerprint density at radius 1 is 1.29 bits per heavy atom. The lowest BCUT2D eigenvalue weighted by Gasteiger charge is -2.20. The first kappa shape index (κ1) is 15.4. The van der Waals surface area contributed by atoms with Gasteiger partial charge in [-0.25, -0.2) is 9.37 Å². The molecular weight excluding hydrogens is 265 g/mol. The van der Waals surface area contributed by atoms with Crippen LogP contribution in [0.25, 0.3) is 0 Å². The molecule has 4 heteroatoms. The van der Waals surface area contributed by atoms with Crippen molar-refractivity contribution < 1.29 is 4.39 Å². The summed E-state index contributed by atoms with van der Waals surface area (Å²) >= 11 is 0. The lowest BCUT2D eigenvalue weighted by Crippen LogP contribution is -2.20. The molecule has 0 spiro atoms. The summed E-state index contributed by atoms with van der Waals surface area (Å²) < 4.78 is 13.2. The first-order valence-corrected chi connectivity index (χ1v) is 7.25. The number of benzene rings is 1. The predicted molar refractivity (Wildman–Crippen MR) is 84.8 cm³/mol. The second-order valence-corrected chi connectivity index (χ2v) is 5.21. The third-order valence-corrected chi connectivity index (χ3v) is 3.48. The second kappa shape index (κ2) is 7.18. The maximum absolute atomic E-state index is 13.2. The van der Waals surface area contributed by atoms with Crippen molar-refractivity contribution in [3.8, 4) is 0 Å². The molecule has 0 aliphatic carbocycles. The fourth-order valence-corrected chi connectivity index (χ4v) is 2.33. The molecule has 21 heavy (non-hydrogen) atoms. The van der Waals surface area contributed by atoms with Crippen molar-refractivity contribution in [3.63, 3.8) is 0 Å². The van der Waals surface area contributed by atoms with Crippen molar-refractivity contribution >= 4 is 5.82 Å². The fourth-order valence-electron chi connectivity index (χ4n) is 2.33. The Morgan fingerprint density at radius 2 is 2.10 bits per heavy atom. The van der Waals surface area contributed by atoms with Gasteiger partial charge in [-0.15, -0.1) is 0 Å². The van der Waals surface area contributed by atoms with Gasteiger partial charge in [0, 0.05) is 25.8 Å². The van der Waals surface area contributed by atoms with E-state index in [1.807, 2.05) is 30.3 Å². The highest BCUT2D eigenvalue weighted by atomic mass is 19.1. The van der Waals surface area contributed by atoms with Crippen molar-refractivity contribution in [2.75, 3.05) is 18.5 Å². The third kappa shape index (κ3) is 4.26. The van der Waals surface area contributed by atoms with Crippen LogP contribution >= 0.6 is 0 Å². The first-order valence-electron chi connectivity index (χ1n) is 7.25. The first-order chi connectivity index (χ1) is 10.1. The molecule has 0 fully saturated rings. The molecule has 0 saturated carbocycles. The lowest BCUT2D eigenvalue weighted by atomic mass is 10.1. The average molecular weight is 287 g/mol. The Kier molecular flexibility index (Phi) is 5.28. The van der Waals surface area contributed by atoms with Crippen LogP contribution in [0.5, 0.6) is 0 Å². The van der Waals surface area contributed by atoms with Crippen molar-refractivity contribution in [2.24, 2.45) is 0 Å². The Labute approximate surface area is 125 Å². The third-order valence-electron chi connectivity index (χ3n) is 3.48. The molecule has 2 aromatic rings. The Balaban J connectivity index is 2.12. The van der Waals surface area contributed by atoms with Gasteiger partial charge < -0.3 is 10.2 Å². The van der Waals surface area contributed by atoms with Gasteiger partial charge in [0.25, 0.3) is 0 Å². The molecule has 0 amide bonds. The van der Waals surface area contributed by atoms with Gasteiger partial charge in [-0.2, -0.15) is 0 Å². The zero-order valence-corrected chi connectivity index (χ0v) is 12.8. The van der Waals surface area contributed by atoms with Gasteiger partial charge in [0.05, 0.1) is 0 Å². The van der Waals surface area contributed by atoms with Crippen molar-refractivity contribution in [1.82, 2.24) is 10.3 Å². The zero-order chi connectivity index (χ0) is 15.2. The van der Waals surface area contributed by atoms with Crippen molar-refractivity contribution in [3.05, 3.63) is 59.5 Å². The number of aromatic nitrogens is 1. The van der Waals surface area contributed by atoms with Gasteiger partial charge in [-0.1, -0.05) is 19.1 Å². The summed E-state index contributed by atoms with van der Waals surface area (Å²) in [5.74, 6) is 0.685. The predicted octanol–water partition coefficient (Wildman–Crippen LogP) is 3.53. The molecule has 1 aromatic carbocycles. The number of hydrogen-bond donors (Lipinski definition) is 1. The topological polar surface area (TPSA) is 28.2 Å². The number of rotatable bonds is 6. The van der Waals surface area contributed by atoms with Gasteiger partial charge in [0.15, 0.2) is 0 Å². The summed E-state index contributed by atoms with van der Waals surface area (Å²) in [5.41, 5.74) is 2.14. The molecule has 1 atom stereocenters. The molecule has 0 saturated heterocycles. The van der Waals surface area contributed by atoms with Crippen LogP contribution < -0.4 is 10.2 Å². The van der Waals surface area contributed by atoms with Gasteiger partial charge in [0.2, 0.25) is 0 Å². The van der Waals surface area contributed by atoms with E-state index in [2.05, 4.69) is 30.2 Å². The van der Waals surface area contributed by atoms with E-state index in [1.165, 1.54) is 11.6 Å². The van der Waals surface area contributed by atoms with E-state index in [9.17, 15) is 4.39 Å². The molecule has 1 N–H and O–H groups in total. The minimum absolute atomic E-state index is 0.205. The van der Waals surface area contributed by atoms with Crippen LogP contribution in [0, 0.1) is 5.82 Å². The molecule has 0 bridgehead atoms. The number of hydrogen-bond acceptors (Lipinski definition) is 3. The van der Waals surface area contributed by atoms with Crippen molar-refractivity contribution in [1.29, 1.82) is 0 Å². The fraction of sp³-hybridized carbons (Fsp3) is 0.353. The standard InChI is InChI=1S/C17H22FN3/c1-4-19-13(2)15-8-9-20-17(11-15)21(3)12-14-6-5-7-16(18)10-14/h5-11,13,19H,4,12H2,1-3H3. The molecule has 112 valence electrons. The summed E-state index contributed by atoms with van der Waals surface area (Å²) in [6.45, 7) is 5.78. The highest BCUT2D eigenvalue weighted by Gasteiger charge is 2.08. The summed E-state index contributed by atoms with van der Waals surface area (Å²) in [6, 6.07) is 11.1. The van der Waals surface area contributed by atoms with Crippen LogP contribution in [0.3, 0.4) is 0 Å². The normalized spacial score (nSPS) is 12.2. The highest BCUT2D eigenvalue weighted by molar-refractivity contribution is 5.42. The molecule has 0 radical (unpaired) electrons. The highest BCUT2D eigenvalue weighted by Crippen LogP contribution is 2.19. The molecule has 0 aliphatic heterocycles. The van der Waals surface area contributed by atoms with Crippen LogP contribution in [-0.2, 0) is 6.54 Å². The van der Waals surface area contributed by atoms with Gasteiger partial charge in [-0.05, 0) is 48.9 Å². The largest absolute Gasteiger partial charge is 0.355 e. The Morgan fingerprint density at radius 3 is 2.81 bits per heavy atom. The quantitative estimate of drug-likeness (QED) is 0.881. The number of nitrogens with zero attached hydrogens (tertiary/aromatic N) is 2. The zero-order valence-electron chi connectivity index (χ0n) is 12.8. The summed E-state index contributed by atoms with van der Waals surface area (Å²) in [6.07, 6.45) is 1.82. The smallest absolute Gasteiger partial charge is 0.128 e. The van der Waals surface area contributed by atoms with Gasteiger partial charge in [-0.3, -0.25) is 0 Å². The Hall–Kier alpha value is -1.94. The van der Waals surface area contributed by atoms with Crippen LogP contribution in [0.1, 0.15) is 31.0 Å². The van der Waals surface area contributed by atoms with Crippen LogP contribution in [0.15, 0.2) is 42.6 Å². The van der Waals surface area contributed by atoms with E-state index in [1.54, 1.807) is 12.1 Å². The molecule has 0 aliphatic rings. The SMILES string of the molecule is CCNC(C)c1ccnc(N(C)Cc2cccc(F)c2)c1. The molecule has 1 heterocycles. The van der Waals surface area contributed by atoms with E-state index in [0.717, 1.165) is 17.9 Å². The number of halogens is 1. The van der Waals surface area contributed by atoms with E-state index < -0.39 is 0 Å². The van der Waals surface area contributed by atoms with Crippen LogP contribution in [0.2, 0.25) is 0 Å². The monoisotopic (exact) mass is 287 g/mol. The maximum atomic E-state index is 13.2. The minimum atomic E-state index is -0.205. The molecule has 1 unspecified atom stereocenters.